The van der Waals surface area contributed by atoms with Gasteiger partial charge in [-0.3, -0.25) is 9.59 Å². The zero-order valence-electron chi connectivity index (χ0n) is 13.2. The van der Waals surface area contributed by atoms with Gasteiger partial charge in [0.05, 0.1) is 5.56 Å². The van der Waals surface area contributed by atoms with Crippen LogP contribution in [-0.4, -0.2) is 29.7 Å². The SMILES string of the molecule is CCCN(CCC)C(=O)/C=C/C(=O)c1cccc(C(F)(F)F)c1. The molecule has 0 radical (unpaired) electrons. The number of rotatable bonds is 7. The molecule has 3 nitrogen and oxygen atoms in total. The summed E-state index contributed by atoms with van der Waals surface area (Å²) < 4.78 is 37.9. The number of carbonyl (C=O) groups is 2. The monoisotopic (exact) mass is 327 g/mol. The lowest BCUT2D eigenvalue weighted by Gasteiger charge is -2.19. The Balaban J connectivity index is 2.84. The second kappa shape index (κ2) is 8.50. The average molecular weight is 327 g/mol. The van der Waals surface area contributed by atoms with E-state index in [0.717, 1.165) is 37.1 Å². The summed E-state index contributed by atoms with van der Waals surface area (Å²) in [5.41, 5.74) is -0.983. The molecule has 0 fully saturated rings. The van der Waals surface area contributed by atoms with E-state index in [1.165, 1.54) is 12.1 Å². The summed E-state index contributed by atoms with van der Waals surface area (Å²) in [6.07, 6.45) is -0.777. The first-order chi connectivity index (χ1) is 10.8. The van der Waals surface area contributed by atoms with Crippen molar-refractivity contribution < 1.29 is 22.8 Å². The Bertz CT molecular complexity index is 573. The Morgan fingerprint density at radius 3 is 2.22 bits per heavy atom. The highest BCUT2D eigenvalue weighted by Gasteiger charge is 2.30. The Morgan fingerprint density at radius 1 is 1.09 bits per heavy atom. The third-order valence-electron chi connectivity index (χ3n) is 3.15. The van der Waals surface area contributed by atoms with E-state index < -0.39 is 17.5 Å². The van der Waals surface area contributed by atoms with Crippen molar-refractivity contribution in [1.29, 1.82) is 0 Å². The minimum atomic E-state index is -4.51. The largest absolute Gasteiger partial charge is 0.416 e. The van der Waals surface area contributed by atoms with Crippen LogP contribution in [0.5, 0.6) is 0 Å². The fourth-order valence-electron chi connectivity index (χ4n) is 2.07. The van der Waals surface area contributed by atoms with E-state index in [1.807, 2.05) is 13.8 Å². The van der Waals surface area contributed by atoms with Gasteiger partial charge in [-0.2, -0.15) is 13.2 Å². The molecule has 0 saturated carbocycles. The van der Waals surface area contributed by atoms with Crippen LogP contribution >= 0.6 is 0 Å². The van der Waals surface area contributed by atoms with Gasteiger partial charge in [0.15, 0.2) is 5.78 Å². The highest BCUT2D eigenvalue weighted by atomic mass is 19.4. The molecule has 1 rings (SSSR count). The van der Waals surface area contributed by atoms with E-state index in [-0.39, 0.29) is 11.5 Å². The van der Waals surface area contributed by atoms with Crippen molar-refractivity contribution in [2.75, 3.05) is 13.1 Å². The van der Waals surface area contributed by atoms with E-state index in [2.05, 4.69) is 0 Å². The lowest BCUT2D eigenvalue weighted by atomic mass is 10.1. The molecule has 1 aromatic rings. The number of ketones is 1. The van der Waals surface area contributed by atoms with Gasteiger partial charge in [-0.15, -0.1) is 0 Å². The molecular weight excluding hydrogens is 307 g/mol. The third-order valence-corrected chi connectivity index (χ3v) is 3.15. The molecule has 23 heavy (non-hydrogen) atoms. The van der Waals surface area contributed by atoms with Crippen LogP contribution in [0.25, 0.3) is 0 Å². The fourth-order valence-corrected chi connectivity index (χ4v) is 2.07. The lowest BCUT2D eigenvalue weighted by molar-refractivity contribution is -0.137. The van der Waals surface area contributed by atoms with Crippen LogP contribution in [0.4, 0.5) is 13.2 Å². The van der Waals surface area contributed by atoms with Crippen molar-refractivity contribution in [3.8, 4) is 0 Å². The number of carbonyl (C=O) groups excluding carboxylic acids is 2. The summed E-state index contributed by atoms with van der Waals surface area (Å²) in [4.78, 5) is 25.5. The standard InChI is InChI=1S/C17H20F3NO2/c1-3-10-21(11-4-2)16(23)9-8-15(22)13-6-5-7-14(12-13)17(18,19)20/h5-9,12H,3-4,10-11H2,1-2H3/b9-8+. The molecule has 0 spiro atoms. The van der Waals surface area contributed by atoms with Crippen molar-refractivity contribution in [3.05, 3.63) is 47.5 Å². The number of hydrogen-bond acceptors (Lipinski definition) is 2. The number of alkyl halides is 3. The second-order valence-electron chi connectivity index (χ2n) is 5.10. The van der Waals surface area contributed by atoms with Crippen LogP contribution in [0.1, 0.15) is 42.6 Å². The Kier molecular flexibility index (Phi) is 7.00. The van der Waals surface area contributed by atoms with E-state index in [0.29, 0.717) is 13.1 Å². The smallest absolute Gasteiger partial charge is 0.339 e. The first-order valence-corrected chi connectivity index (χ1v) is 7.48. The Hall–Kier alpha value is -2.11. The molecule has 0 N–H and O–H groups in total. The van der Waals surface area contributed by atoms with Gasteiger partial charge in [0.25, 0.3) is 0 Å². The van der Waals surface area contributed by atoms with Crippen molar-refractivity contribution in [3.63, 3.8) is 0 Å². The Labute approximate surface area is 133 Å². The maximum atomic E-state index is 12.6. The summed E-state index contributed by atoms with van der Waals surface area (Å²) >= 11 is 0. The minimum absolute atomic E-state index is 0.0959. The van der Waals surface area contributed by atoms with Gasteiger partial charge in [0, 0.05) is 24.7 Å². The van der Waals surface area contributed by atoms with Crippen LogP contribution in [0, 0.1) is 0 Å². The summed E-state index contributed by atoms with van der Waals surface area (Å²) in [5, 5.41) is 0. The molecule has 126 valence electrons. The molecule has 0 saturated heterocycles. The number of halogens is 3. The molecule has 0 unspecified atom stereocenters. The summed E-state index contributed by atoms with van der Waals surface area (Å²) in [6.45, 7) is 5.03. The quantitative estimate of drug-likeness (QED) is 0.559. The third kappa shape index (κ3) is 5.88. The van der Waals surface area contributed by atoms with Crippen LogP contribution in [0.2, 0.25) is 0 Å². The van der Waals surface area contributed by atoms with Gasteiger partial charge in [-0.1, -0.05) is 26.0 Å². The van der Waals surface area contributed by atoms with Crippen LogP contribution in [0.3, 0.4) is 0 Å². The van der Waals surface area contributed by atoms with Crippen molar-refractivity contribution in [1.82, 2.24) is 4.90 Å². The van der Waals surface area contributed by atoms with Crippen molar-refractivity contribution >= 4 is 11.7 Å². The zero-order valence-corrected chi connectivity index (χ0v) is 13.2. The molecule has 0 bridgehead atoms. The summed E-state index contributed by atoms with van der Waals surface area (Å²) in [5.74, 6) is -0.938. The molecule has 0 aliphatic carbocycles. The Morgan fingerprint density at radius 2 is 1.70 bits per heavy atom. The van der Waals surface area contributed by atoms with Gasteiger partial charge in [-0.25, -0.2) is 0 Å². The number of benzene rings is 1. The summed E-state index contributed by atoms with van der Waals surface area (Å²) in [7, 11) is 0. The van der Waals surface area contributed by atoms with Crippen molar-refractivity contribution in [2.24, 2.45) is 0 Å². The molecule has 0 atom stereocenters. The molecule has 0 heterocycles. The normalized spacial score (nSPS) is 11.7. The first-order valence-electron chi connectivity index (χ1n) is 7.48. The van der Waals surface area contributed by atoms with Gasteiger partial charge < -0.3 is 4.90 Å². The van der Waals surface area contributed by atoms with Crippen molar-refractivity contribution in [2.45, 2.75) is 32.9 Å². The van der Waals surface area contributed by atoms with Gasteiger partial charge >= 0.3 is 6.18 Å². The predicted octanol–water partition coefficient (Wildman–Crippen LogP) is 4.09. The zero-order chi connectivity index (χ0) is 17.5. The molecule has 0 aliphatic heterocycles. The topological polar surface area (TPSA) is 37.4 Å². The van der Waals surface area contributed by atoms with Crippen LogP contribution in [-0.2, 0) is 11.0 Å². The van der Waals surface area contributed by atoms with E-state index in [4.69, 9.17) is 0 Å². The molecular formula is C17H20F3NO2. The fraction of sp³-hybridized carbons (Fsp3) is 0.412. The van der Waals surface area contributed by atoms with E-state index >= 15 is 0 Å². The van der Waals surface area contributed by atoms with E-state index in [1.54, 1.807) is 4.90 Å². The maximum absolute atomic E-state index is 12.6. The molecule has 0 aromatic heterocycles. The number of allylic oxidation sites excluding steroid dienone is 1. The van der Waals surface area contributed by atoms with Gasteiger partial charge in [0.2, 0.25) is 5.91 Å². The maximum Gasteiger partial charge on any atom is 0.416 e. The second-order valence-corrected chi connectivity index (χ2v) is 5.10. The molecule has 1 aromatic carbocycles. The average Bonchev–Trinajstić information content (AvgIpc) is 2.51. The molecule has 6 heteroatoms. The first kappa shape index (κ1) is 18.9. The van der Waals surface area contributed by atoms with Gasteiger partial charge in [-0.05, 0) is 31.1 Å². The van der Waals surface area contributed by atoms with Crippen LogP contribution < -0.4 is 0 Å². The highest BCUT2D eigenvalue weighted by molar-refractivity contribution is 6.07. The predicted molar refractivity (Wildman–Crippen MR) is 82.1 cm³/mol. The van der Waals surface area contributed by atoms with E-state index in [9.17, 15) is 22.8 Å². The lowest BCUT2D eigenvalue weighted by Crippen LogP contribution is -2.31. The number of hydrogen-bond donors (Lipinski definition) is 0. The number of amides is 1. The molecule has 0 aliphatic rings. The summed E-state index contributed by atoms with van der Waals surface area (Å²) in [6, 6.07) is 4.15. The number of nitrogens with zero attached hydrogens (tertiary/aromatic N) is 1. The van der Waals surface area contributed by atoms with Crippen LogP contribution in [0.15, 0.2) is 36.4 Å². The van der Waals surface area contributed by atoms with Gasteiger partial charge in [0.1, 0.15) is 0 Å². The minimum Gasteiger partial charge on any atom is -0.339 e. The molecule has 1 amide bonds. The highest BCUT2D eigenvalue weighted by Crippen LogP contribution is 2.29.